The van der Waals surface area contributed by atoms with Crippen molar-refractivity contribution in [2.45, 2.75) is 26.7 Å². The second-order valence-electron chi connectivity index (χ2n) is 6.23. The molecule has 1 amide bonds. The summed E-state index contributed by atoms with van der Waals surface area (Å²) in [6.45, 7) is 6.66. The molecule has 0 aromatic carbocycles. The maximum Gasteiger partial charge on any atom is 0.223 e. The highest BCUT2D eigenvalue weighted by Gasteiger charge is 2.25. The van der Waals surface area contributed by atoms with Gasteiger partial charge in [0.2, 0.25) is 5.91 Å². The molecule has 22 heavy (non-hydrogen) atoms. The molecule has 2 aromatic heterocycles. The fourth-order valence-corrected chi connectivity index (χ4v) is 2.71. The van der Waals surface area contributed by atoms with Crippen LogP contribution >= 0.6 is 0 Å². The Morgan fingerprint density at radius 1 is 1.36 bits per heavy atom. The average molecular weight is 302 g/mol. The van der Waals surface area contributed by atoms with E-state index in [1.54, 1.807) is 10.8 Å². The Morgan fingerprint density at radius 3 is 2.86 bits per heavy atom. The summed E-state index contributed by atoms with van der Waals surface area (Å²) >= 11 is 0. The Labute approximate surface area is 129 Å². The van der Waals surface area contributed by atoms with Gasteiger partial charge in [-0.25, -0.2) is 0 Å². The molecular formula is C15H22N6O. The monoisotopic (exact) mass is 302 g/mol. The van der Waals surface area contributed by atoms with Crippen molar-refractivity contribution in [2.75, 3.05) is 24.5 Å². The predicted molar refractivity (Wildman–Crippen MR) is 83.6 cm³/mol. The summed E-state index contributed by atoms with van der Waals surface area (Å²) in [4.78, 5) is 14.3. The second-order valence-corrected chi connectivity index (χ2v) is 6.23. The fourth-order valence-electron chi connectivity index (χ4n) is 2.71. The number of nitrogens with one attached hydrogen (secondary N) is 1. The summed E-state index contributed by atoms with van der Waals surface area (Å²) < 4.78 is 1.68. The number of nitrogens with zero attached hydrogens (tertiary/aromatic N) is 5. The van der Waals surface area contributed by atoms with Gasteiger partial charge in [0.05, 0.1) is 0 Å². The van der Waals surface area contributed by atoms with Gasteiger partial charge in [-0.15, -0.1) is 15.3 Å². The molecule has 0 aliphatic carbocycles. The lowest BCUT2D eigenvalue weighted by molar-refractivity contribution is -0.125. The van der Waals surface area contributed by atoms with Gasteiger partial charge in [0.1, 0.15) is 12.1 Å². The molecule has 7 heteroatoms. The number of rotatable bonds is 4. The zero-order chi connectivity index (χ0) is 15.5. The van der Waals surface area contributed by atoms with Gasteiger partial charge in [0, 0.05) is 25.6 Å². The number of carbonyl (C=O) groups excluding carboxylic acids is 1. The van der Waals surface area contributed by atoms with Crippen LogP contribution in [0.2, 0.25) is 0 Å². The Hall–Kier alpha value is -2.18. The zero-order valence-electron chi connectivity index (χ0n) is 13.1. The smallest absolute Gasteiger partial charge is 0.223 e. The van der Waals surface area contributed by atoms with Crippen molar-refractivity contribution in [1.82, 2.24) is 25.1 Å². The molecule has 0 saturated carbocycles. The van der Waals surface area contributed by atoms with E-state index in [2.05, 4.69) is 39.4 Å². The van der Waals surface area contributed by atoms with Crippen molar-refractivity contribution in [1.29, 1.82) is 0 Å². The van der Waals surface area contributed by atoms with Gasteiger partial charge >= 0.3 is 0 Å². The Kier molecular flexibility index (Phi) is 4.22. The summed E-state index contributed by atoms with van der Waals surface area (Å²) in [6.07, 6.45) is 3.34. The van der Waals surface area contributed by atoms with Crippen molar-refractivity contribution in [3.63, 3.8) is 0 Å². The Morgan fingerprint density at radius 2 is 2.14 bits per heavy atom. The first-order chi connectivity index (χ1) is 10.6. The normalized spacial score (nSPS) is 16.4. The van der Waals surface area contributed by atoms with E-state index in [-0.39, 0.29) is 11.8 Å². The van der Waals surface area contributed by atoms with E-state index in [0.717, 1.165) is 43.9 Å². The molecular weight excluding hydrogens is 280 g/mol. The number of piperidine rings is 1. The van der Waals surface area contributed by atoms with Gasteiger partial charge in [-0.05, 0) is 30.9 Å². The molecule has 1 N–H and O–H groups in total. The lowest BCUT2D eigenvalue weighted by Gasteiger charge is -2.32. The van der Waals surface area contributed by atoms with Gasteiger partial charge < -0.3 is 10.2 Å². The van der Waals surface area contributed by atoms with Crippen LogP contribution in [0, 0.1) is 11.8 Å². The second kappa shape index (κ2) is 6.29. The van der Waals surface area contributed by atoms with Crippen LogP contribution in [-0.2, 0) is 4.79 Å². The van der Waals surface area contributed by atoms with E-state index in [4.69, 9.17) is 0 Å². The summed E-state index contributed by atoms with van der Waals surface area (Å²) in [6, 6.07) is 3.87. The van der Waals surface area contributed by atoms with Crippen LogP contribution in [0.5, 0.6) is 0 Å². The number of hydrogen-bond acceptors (Lipinski definition) is 5. The molecule has 1 saturated heterocycles. The highest BCUT2D eigenvalue weighted by Crippen LogP contribution is 2.22. The summed E-state index contributed by atoms with van der Waals surface area (Å²) in [7, 11) is 0. The maximum absolute atomic E-state index is 12.1. The summed E-state index contributed by atoms with van der Waals surface area (Å²) in [5.74, 6) is 1.71. The number of amides is 1. The number of anilines is 1. The molecule has 118 valence electrons. The lowest BCUT2D eigenvalue weighted by atomic mass is 9.95. The largest absolute Gasteiger partial charge is 0.356 e. The van der Waals surface area contributed by atoms with Crippen molar-refractivity contribution >= 4 is 17.4 Å². The predicted octanol–water partition coefficient (Wildman–Crippen LogP) is 1.11. The molecule has 1 aliphatic heterocycles. The average Bonchev–Trinajstić information content (AvgIpc) is 3.00. The molecule has 0 atom stereocenters. The van der Waals surface area contributed by atoms with Gasteiger partial charge in [0.25, 0.3) is 0 Å². The SMILES string of the molecule is CC(C)CNC(=O)C1CCN(c2ccc3nncn3n2)CC1. The first-order valence-electron chi connectivity index (χ1n) is 7.83. The third-order valence-electron chi connectivity index (χ3n) is 4.02. The van der Waals surface area contributed by atoms with Crippen LogP contribution < -0.4 is 10.2 Å². The first-order valence-corrected chi connectivity index (χ1v) is 7.83. The highest BCUT2D eigenvalue weighted by molar-refractivity contribution is 5.78. The first kappa shape index (κ1) is 14.7. The highest BCUT2D eigenvalue weighted by atomic mass is 16.1. The van der Waals surface area contributed by atoms with Crippen molar-refractivity contribution < 1.29 is 4.79 Å². The topological polar surface area (TPSA) is 75.4 Å². The van der Waals surface area contributed by atoms with Gasteiger partial charge in [0.15, 0.2) is 5.65 Å². The van der Waals surface area contributed by atoms with Gasteiger partial charge in [-0.2, -0.15) is 4.52 Å². The van der Waals surface area contributed by atoms with Crippen LogP contribution in [0.3, 0.4) is 0 Å². The number of carbonyl (C=O) groups is 1. The third-order valence-corrected chi connectivity index (χ3v) is 4.02. The quantitative estimate of drug-likeness (QED) is 0.916. The van der Waals surface area contributed by atoms with E-state index in [9.17, 15) is 4.79 Å². The van der Waals surface area contributed by atoms with Crippen molar-refractivity contribution in [3.8, 4) is 0 Å². The minimum absolute atomic E-state index is 0.119. The lowest BCUT2D eigenvalue weighted by Crippen LogP contribution is -2.41. The summed E-state index contributed by atoms with van der Waals surface area (Å²) in [5.41, 5.74) is 0.742. The van der Waals surface area contributed by atoms with Crippen molar-refractivity contribution in [2.24, 2.45) is 11.8 Å². The minimum atomic E-state index is 0.119. The number of hydrogen-bond donors (Lipinski definition) is 1. The van der Waals surface area contributed by atoms with Crippen LogP contribution in [0.1, 0.15) is 26.7 Å². The molecule has 0 spiro atoms. The van der Waals surface area contributed by atoms with Crippen LogP contribution in [0.25, 0.3) is 5.65 Å². The van der Waals surface area contributed by atoms with E-state index in [1.165, 1.54) is 0 Å². The molecule has 2 aromatic rings. The minimum Gasteiger partial charge on any atom is -0.356 e. The molecule has 0 bridgehead atoms. The Bertz CT molecular complexity index is 644. The molecule has 1 fully saturated rings. The summed E-state index contributed by atoms with van der Waals surface area (Å²) in [5, 5.41) is 15.3. The maximum atomic E-state index is 12.1. The van der Waals surface area contributed by atoms with Gasteiger partial charge in [-0.3, -0.25) is 4.79 Å². The fraction of sp³-hybridized carbons (Fsp3) is 0.600. The van der Waals surface area contributed by atoms with E-state index in [1.807, 2.05) is 12.1 Å². The molecule has 0 radical (unpaired) electrons. The molecule has 0 unspecified atom stereocenters. The molecule has 1 aliphatic rings. The van der Waals surface area contributed by atoms with Crippen LogP contribution in [0.4, 0.5) is 5.82 Å². The molecule has 3 heterocycles. The Balaban J connectivity index is 1.58. The standard InChI is InChI=1S/C15H22N6O/c1-11(2)9-16-15(22)12-5-7-20(8-6-12)14-4-3-13-18-17-10-21(13)19-14/h3-4,10-12H,5-9H2,1-2H3,(H,16,22). The third kappa shape index (κ3) is 3.18. The van der Waals surface area contributed by atoms with E-state index >= 15 is 0 Å². The number of fused-ring (bicyclic) bond motifs is 1. The molecule has 3 rings (SSSR count). The number of aromatic nitrogens is 4. The van der Waals surface area contributed by atoms with Gasteiger partial charge in [-0.1, -0.05) is 13.8 Å². The van der Waals surface area contributed by atoms with E-state index < -0.39 is 0 Å². The van der Waals surface area contributed by atoms with E-state index in [0.29, 0.717) is 5.92 Å². The van der Waals surface area contributed by atoms with Crippen LogP contribution in [0.15, 0.2) is 18.5 Å². The molecule has 7 nitrogen and oxygen atoms in total. The van der Waals surface area contributed by atoms with Crippen LogP contribution in [-0.4, -0.2) is 45.4 Å². The zero-order valence-corrected chi connectivity index (χ0v) is 13.1. The van der Waals surface area contributed by atoms with Crippen molar-refractivity contribution in [3.05, 3.63) is 18.5 Å².